The van der Waals surface area contributed by atoms with E-state index in [9.17, 15) is 4.79 Å². The summed E-state index contributed by atoms with van der Waals surface area (Å²) in [5, 5.41) is 6.10. The average Bonchev–Trinajstić information content (AvgIpc) is 2.97. The minimum atomic E-state index is -0.121. The lowest BCUT2D eigenvalue weighted by atomic mass is 10.3. The summed E-state index contributed by atoms with van der Waals surface area (Å²) in [6.45, 7) is 4.51. The lowest BCUT2D eigenvalue weighted by Crippen LogP contribution is -2.53. The lowest BCUT2D eigenvalue weighted by Gasteiger charge is -2.35. The van der Waals surface area contributed by atoms with Crippen LogP contribution in [0, 0.1) is 6.92 Å². The second-order valence-electron chi connectivity index (χ2n) is 5.28. The maximum absolute atomic E-state index is 11.4. The first-order valence-electron chi connectivity index (χ1n) is 6.40. The van der Waals surface area contributed by atoms with Crippen LogP contribution in [0.25, 0.3) is 10.7 Å². The summed E-state index contributed by atoms with van der Waals surface area (Å²) >= 11 is 3.25. The maximum Gasteiger partial charge on any atom is 0.362 e. The molecule has 20 heavy (non-hydrogen) atoms. The molecular weight excluding hydrogens is 294 g/mol. The standard InChI is InChI=1S/C13H16N3O2S2/c1-9-14-11(8-19-9)13-15-10(7-20-13)5-16(2)3-4-18-12(17)6-16/h7-8H,3-6H2,1-2H3/q+1. The van der Waals surface area contributed by atoms with Crippen molar-refractivity contribution in [2.24, 2.45) is 0 Å². The van der Waals surface area contributed by atoms with E-state index in [1.807, 2.05) is 12.3 Å². The molecule has 0 amide bonds. The van der Waals surface area contributed by atoms with Gasteiger partial charge in [0, 0.05) is 10.8 Å². The third kappa shape index (κ3) is 2.89. The molecule has 7 heteroatoms. The Morgan fingerprint density at radius 2 is 2.20 bits per heavy atom. The molecule has 1 fully saturated rings. The van der Waals surface area contributed by atoms with Gasteiger partial charge >= 0.3 is 5.97 Å². The van der Waals surface area contributed by atoms with Crippen molar-refractivity contribution >= 4 is 28.6 Å². The van der Waals surface area contributed by atoms with Gasteiger partial charge in [0.15, 0.2) is 6.54 Å². The number of aromatic nitrogens is 2. The Balaban J connectivity index is 1.75. The number of hydrogen-bond donors (Lipinski definition) is 0. The molecule has 0 saturated carbocycles. The largest absolute Gasteiger partial charge is 0.456 e. The topological polar surface area (TPSA) is 52.1 Å². The first-order valence-corrected chi connectivity index (χ1v) is 8.16. The number of quaternary nitrogens is 1. The summed E-state index contributed by atoms with van der Waals surface area (Å²) < 4.78 is 5.67. The van der Waals surface area contributed by atoms with Gasteiger partial charge in [-0.15, -0.1) is 22.7 Å². The van der Waals surface area contributed by atoms with Crippen LogP contribution in [0.3, 0.4) is 0 Å². The number of morpholine rings is 1. The molecule has 1 atom stereocenters. The molecule has 1 aliphatic heterocycles. The van der Waals surface area contributed by atoms with Gasteiger partial charge in [-0.3, -0.25) is 0 Å². The molecule has 2 aromatic rings. The number of hydrogen-bond acceptors (Lipinski definition) is 6. The average molecular weight is 310 g/mol. The van der Waals surface area contributed by atoms with Crippen molar-refractivity contribution in [3.8, 4) is 10.7 Å². The van der Waals surface area contributed by atoms with Gasteiger partial charge in [0.25, 0.3) is 0 Å². The zero-order valence-corrected chi connectivity index (χ0v) is 13.1. The van der Waals surface area contributed by atoms with Crippen molar-refractivity contribution in [2.75, 3.05) is 26.7 Å². The fraction of sp³-hybridized carbons (Fsp3) is 0.462. The third-order valence-electron chi connectivity index (χ3n) is 3.34. The van der Waals surface area contributed by atoms with E-state index in [2.05, 4.69) is 22.4 Å². The molecule has 5 nitrogen and oxygen atoms in total. The van der Waals surface area contributed by atoms with Crippen LogP contribution < -0.4 is 0 Å². The van der Waals surface area contributed by atoms with E-state index >= 15 is 0 Å². The highest BCUT2D eigenvalue weighted by atomic mass is 32.1. The van der Waals surface area contributed by atoms with Crippen molar-refractivity contribution in [1.29, 1.82) is 0 Å². The first-order chi connectivity index (χ1) is 9.54. The van der Waals surface area contributed by atoms with Gasteiger partial charge in [-0.1, -0.05) is 0 Å². The zero-order valence-electron chi connectivity index (χ0n) is 11.5. The molecule has 1 saturated heterocycles. The fourth-order valence-electron chi connectivity index (χ4n) is 2.30. The van der Waals surface area contributed by atoms with Gasteiger partial charge in [0.1, 0.15) is 36.1 Å². The highest BCUT2D eigenvalue weighted by Gasteiger charge is 2.32. The van der Waals surface area contributed by atoms with Crippen LogP contribution >= 0.6 is 22.7 Å². The Labute approximate surface area is 125 Å². The summed E-state index contributed by atoms with van der Waals surface area (Å²) in [6.07, 6.45) is 0. The van der Waals surface area contributed by atoms with Gasteiger partial charge in [0.05, 0.1) is 12.1 Å². The number of carbonyl (C=O) groups excluding carboxylic acids is 1. The minimum Gasteiger partial charge on any atom is -0.456 e. The summed E-state index contributed by atoms with van der Waals surface area (Å²) in [5.74, 6) is -0.121. The van der Waals surface area contributed by atoms with Crippen LogP contribution in [0.1, 0.15) is 10.7 Å². The van der Waals surface area contributed by atoms with Crippen LogP contribution in [0.5, 0.6) is 0 Å². The number of aryl methyl sites for hydroxylation is 1. The predicted octanol–water partition coefficient (Wildman–Crippen LogP) is 2.08. The summed E-state index contributed by atoms with van der Waals surface area (Å²) in [5.41, 5.74) is 1.97. The minimum absolute atomic E-state index is 0.121. The highest BCUT2D eigenvalue weighted by molar-refractivity contribution is 7.14. The molecule has 2 aromatic heterocycles. The number of cyclic esters (lactones) is 1. The molecule has 0 bridgehead atoms. The molecule has 1 aliphatic rings. The number of ether oxygens (including phenoxy) is 1. The number of thiazole rings is 2. The second-order valence-corrected chi connectivity index (χ2v) is 7.20. The Hall–Kier alpha value is -1.31. The zero-order chi connectivity index (χ0) is 14.2. The fourth-order valence-corrected chi connectivity index (χ4v) is 3.74. The smallest absolute Gasteiger partial charge is 0.362 e. The van der Waals surface area contributed by atoms with E-state index in [1.54, 1.807) is 22.7 Å². The summed E-state index contributed by atoms with van der Waals surface area (Å²) in [6, 6.07) is 0. The van der Waals surface area contributed by atoms with E-state index < -0.39 is 0 Å². The number of carbonyl (C=O) groups is 1. The molecule has 0 aromatic carbocycles. The maximum atomic E-state index is 11.4. The van der Waals surface area contributed by atoms with Crippen molar-refractivity contribution in [1.82, 2.24) is 9.97 Å². The molecule has 106 valence electrons. The molecule has 0 radical (unpaired) electrons. The number of likely N-dealkylation sites (N-methyl/N-ethyl adjacent to an activating group) is 1. The van der Waals surface area contributed by atoms with Crippen molar-refractivity contribution < 1.29 is 14.0 Å². The SMILES string of the molecule is Cc1nc(-c2nc(C[N+]3(C)CCOC(=O)C3)cs2)cs1. The molecule has 3 rings (SSSR count). The molecule has 3 heterocycles. The first kappa shape index (κ1) is 13.7. The van der Waals surface area contributed by atoms with E-state index in [4.69, 9.17) is 4.74 Å². The van der Waals surface area contributed by atoms with Crippen LogP contribution in [-0.2, 0) is 16.1 Å². The van der Waals surface area contributed by atoms with Gasteiger partial charge < -0.3 is 9.22 Å². The number of rotatable bonds is 3. The number of nitrogens with zero attached hydrogens (tertiary/aromatic N) is 3. The lowest BCUT2D eigenvalue weighted by molar-refractivity contribution is -0.920. The predicted molar refractivity (Wildman–Crippen MR) is 78.5 cm³/mol. The van der Waals surface area contributed by atoms with E-state index in [0.29, 0.717) is 17.6 Å². The Bertz CT molecular complexity index is 637. The van der Waals surface area contributed by atoms with Gasteiger partial charge in [-0.2, -0.15) is 0 Å². The van der Waals surface area contributed by atoms with Gasteiger partial charge in [-0.05, 0) is 6.92 Å². The molecular formula is C13H16N3O2S2+. The van der Waals surface area contributed by atoms with Gasteiger partial charge in [-0.25, -0.2) is 14.8 Å². The second kappa shape index (κ2) is 5.23. The number of esters is 1. The van der Waals surface area contributed by atoms with Crippen molar-refractivity contribution in [2.45, 2.75) is 13.5 Å². The van der Waals surface area contributed by atoms with Gasteiger partial charge in [0.2, 0.25) is 0 Å². The Kier molecular flexibility index (Phi) is 3.57. The van der Waals surface area contributed by atoms with Crippen molar-refractivity contribution in [3.05, 3.63) is 21.5 Å². The van der Waals surface area contributed by atoms with Crippen LogP contribution in [0.2, 0.25) is 0 Å². The normalized spacial score (nSPS) is 22.8. The molecule has 0 N–H and O–H groups in total. The van der Waals surface area contributed by atoms with E-state index in [0.717, 1.165) is 34.5 Å². The van der Waals surface area contributed by atoms with E-state index in [1.165, 1.54) is 0 Å². The van der Waals surface area contributed by atoms with Crippen LogP contribution in [0.4, 0.5) is 0 Å². The van der Waals surface area contributed by atoms with Crippen molar-refractivity contribution in [3.63, 3.8) is 0 Å². The van der Waals surface area contributed by atoms with Crippen LogP contribution in [0.15, 0.2) is 10.8 Å². The monoisotopic (exact) mass is 310 g/mol. The highest BCUT2D eigenvalue weighted by Crippen LogP contribution is 2.26. The molecule has 0 spiro atoms. The Morgan fingerprint density at radius 1 is 1.35 bits per heavy atom. The molecule has 1 unspecified atom stereocenters. The summed E-state index contributed by atoms with van der Waals surface area (Å²) in [7, 11) is 2.08. The van der Waals surface area contributed by atoms with E-state index in [-0.39, 0.29) is 5.97 Å². The Morgan fingerprint density at radius 3 is 2.90 bits per heavy atom. The molecule has 0 aliphatic carbocycles. The quantitative estimate of drug-likeness (QED) is 0.643. The van der Waals surface area contributed by atoms with Crippen LogP contribution in [-0.4, -0.2) is 47.2 Å². The summed E-state index contributed by atoms with van der Waals surface area (Å²) in [4.78, 5) is 20.5. The third-order valence-corrected chi connectivity index (χ3v) is 5.03.